The molecule has 5 heteroatoms. The van der Waals surface area contributed by atoms with Crippen molar-refractivity contribution in [3.8, 4) is 0 Å². The Morgan fingerprint density at radius 3 is 2.25 bits per heavy atom. The molecule has 1 atom stereocenters. The number of carbonyl (C=O) groups is 1. The molecule has 1 aromatic heterocycles. The van der Waals surface area contributed by atoms with E-state index in [1.807, 2.05) is 54.6 Å². The van der Waals surface area contributed by atoms with Crippen molar-refractivity contribution in [2.45, 2.75) is 6.04 Å². The summed E-state index contributed by atoms with van der Waals surface area (Å²) in [5.74, 6) is -0.457. The number of carbonyl (C=O) groups excluding carboxylic acids is 1. The molecule has 3 aromatic carbocycles. The Bertz CT molecular complexity index is 1180. The number of fused-ring (bicyclic) bond motifs is 1. The van der Waals surface area contributed by atoms with Gasteiger partial charge in [-0.3, -0.25) is 9.59 Å². The second kappa shape index (κ2) is 7.82. The Labute approximate surface area is 170 Å². The van der Waals surface area contributed by atoms with E-state index in [0.29, 0.717) is 11.0 Å². The van der Waals surface area contributed by atoms with Crippen molar-refractivity contribution in [3.63, 3.8) is 0 Å². The van der Waals surface area contributed by atoms with Crippen LogP contribution in [0.1, 0.15) is 27.7 Å². The van der Waals surface area contributed by atoms with Crippen molar-refractivity contribution >= 4 is 32.8 Å². The molecular formula is C23H16BrNO3. The van der Waals surface area contributed by atoms with Gasteiger partial charge in [0.2, 0.25) is 0 Å². The number of para-hydroxylation sites is 1. The minimum atomic E-state index is -0.445. The normalized spacial score (nSPS) is 11.9. The van der Waals surface area contributed by atoms with Crippen LogP contribution in [0.4, 0.5) is 0 Å². The van der Waals surface area contributed by atoms with E-state index in [4.69, 9.17) is 4.42 Å². The van der Waals surface area contributed by atoms with Crippen molar-refractivity contribution in [3.05, 3.63) is 117 Å². The predicted molar refractivity (Wildman–Crippen MR) is 112 cm³/mol. The van der Waals surface area contributed by atoms with Crippen LogP contribution in [0, 0.1) is 0 Å². The molecule has 0 saturated heterocycles. The first-order valence-corrected chi connectivity index (χ1v) is 9.55. The Morgan fingerprint density at radius 2 is 1.50 bits per heavy atom. The van der Waals surface area contributed by atoms with Crippen LogP contribution in [0.15, 0.2) is 98.6 Å². The zero-order chi connectivity index (χ0) is 19.5. The van der Waals surface area contributed by atoms with Crippen LogP contribution in [0.3, 0.4) is 0 Å². The molecule has 0 saturated carbocycles. The number of hydrogen-bond donors (Lipinski definition) is 1. The molecule has 1 amide bonds. The Hall–Kier alpha value is -3.18. The van der Waals surface area contributed by atoms with Crippen molar-refractivity contribution in [2.75, 3.05) is 0 Å². The van der Waals surface area contributed by atoms with E-state index in [-0.39, 0.29) is 17.2 Å². The van der Waals surface area contributed by atoms with Crippen LogP contribution in [0.5, 0.6) is 0 Å². The molecule has 138 valence electrons. The maximum atomic E-state index is 12.9. The van der Waals surface area contributed by atoms with E-state index in [1.165, 1.54) is 6.07 Å². The molecule has 0 spiro atoms. The highest BCUT2D eigenvalue weighted by atomic mass is 79.9. The van der Waals surface area contributed by atoms with E-state index in [9.17, 15) is 9.59 Å². The molecule has 0 aliphatic carbocycles. The van der Waals surface area contributed by atoms with Gasteiger partial charge < -0.3 is 9.73 Å². The average molecular weight is 434 g/mol. The minimum Gasteiger partial charge on any atom is -0.451 e. The topological polar surface area (TPSA) is 59.3 Å². The summed E-state index contributed by atoms with van der Waals surface area (Å²) in [6.07, 6.45) is 0. The average Bonchev–Trinajstić information content (AvgIpc) is 2.73. The van der Waals surface area contributed by atoms with E-state index >= 15 is 0 Å². The maximum Gasteiger partial charge on any atom is 0.287 e. The third-order valence-corrected chi connectivity index (χ3v) is 5.00. The third-order valence-electron chi connectivity index (χ3n) is 4.47. The summed E-state index contributed by atoms with van der Waals surface area (Å²) in [5, 5.41) is 3.44. The summed E-state index contributed by atoms with van der Waals surface area (Å²) in [7, 11) is 0. The van der Waals surface area contributed by atoms with Crippen molar-refractivity contribution in [2.24, 2.45) is 0 Å². The first-order chi connectivity index (χ1) is 13.6. The lowest BCUT2D eigenvalue weighted by Crippen LogP contribution is -2.30. The lowest BCUT2D eigenvalue weighted by Gasteiger charge is -2.19. The summed E-state index contributed by atoms with van der Waals surface area (Å²) < 4.78 is 6.63. The first kappa shape index (κ1) is 18.2. The maximum absolute atomic E-state index is 12.9. The highest BCUT2D eigenvalue weighted by molar-refractivity contribution is 9.10. The molecule has 1 N–H and O–H groups in total. The molecule has 0 radical (unpaired) electrons. The van der Waals surface area contributed by atoms with E-state index < -0.39 is 5.91 Å². The molecule has 0 aliphatic heterocycles. The lowest BCUT2D eigenvalue weighted by molar-refractivity contribution is 0.0915. The number of rotatable bonds is 4. The number of nitrogens with one attached hydrogen (secondary N) is 1. The van der Waals surface area contributed by atoms with E-state index in [1.54, 1.807) is 24.3 Å². The fraction of sp³-hybridized carbons (Fsp3) is 0.0435. The zero-order valence-corrected chi connectivity index (χ0v) is 16.3. The Morgan fingerprint density at radius 1 is 0.857 bits per heavy atom. The second-order valence-electron chi connectivity index (χ2n) is 6.34. The van der Waals surface area contributed by atoms with E-state index in [0.717, 1.165) is 15.6 Å². The number of benzene rings is 3. The molecule has 0 aliphatic rings. The van der Waals surface area contributed by atoms with Gasteiger partial charge in [-0.05, 0) is 35.4 Å². The number of halogens is 1. The Kier molecular flexibility index (Phi) is 5.08. The molecule has 1 unspecified atom stereocenters. The van der Waals surface area contributed by atoms with Gasteiger partial charge in [-0.1, -0.05) is 70.5 Å². The lowest BCUT2D eigenvalue weighted by atomic mass is 9.98. The quantitative estimate of drug-likeness (QED) is 0.488. The van der Waals surface area contributed by atoms with Crippen LogP contribution in [-0.2, 0) is 0 Å². The summed E-state index contributed by atoms with van der Waals surface area (Å²) in [5.41, 5.74) is 2.00. The number of amides is 1. The molecule has 28 heavy (non-hydrogen) atoms. The van der Waals surface area contributed by atoms with Crippen molar-refractivity contribution in [1.82, 2.24) is 5.32 Å². The zero-order valence-electron chi connectivity index (χ0n) is 14.8. The van der Waals surface area contributed by atoms with E-state index in [2.05, 4.69) is 21.2 Å². The fourth-order valence-corrected chi connectivity index (χ4v) is 3.34. The summed E-state index contributed by atoms with van der Waals surface area (Å²) in [6, 6.07) is 25.1. The SMILES string of the molecule is O=C(NC(c1ccccc1)c1ccc(Br)cc1)c1cc(=O)c2ccccc2o1. The van der Waals surface area contributed by atoms with Gasteiger partial charge in [0.25, 0.3) is 5.91 Å². The Balaban J connectivity index is 1.71. The van der Waals surface area contributed by atoms with Gasteiger partial charge in [0.05, 0.1) is 11.4 Å². The number of hydrogen-bond acceptors (Lipinski definition) is 3. The van der Waals surface area contributed by atoms with Crippen LogP contribution in [0.25, 0.3) is 11.0 Å². The molecule has 0 fully saturated rings. The van der Waals surface area contributed by atoms with Crippen LogP contribution in [0.2, 0.25) is 0 Å². The highest BCUT2D eigenvalue weighted by Gasteiger charge is 2.20. The van der Waals surface area contributed by atoms with Gasteiger partial charge in [0, 0.05) is 10.5 Å². The third kappa shape index (κ3) is 3.75. The molecule has 0 bridgehead atoms. The van der Waals surface area contributed by atoms with Gasteiger partial charge in [-0.15, -0.1) is 0 Å². The first-order valence-electron chi connectivity index (χ1n) is 8.76. The van der Waals surface area contributed by atoms with Gasteiger partial charge in [0.15, 0.2) is 11.2 Å². The minimum absolute atomic E-state index is 0.0123. The molecule has 4 nitrogen and oxygen atoms in total. The smallest absolute Gasteiger partial charge is 0.287 e. The van der Waals surface area contributed by atoms with Crippen LogP contribution < -0.4 is 10.7 Å². The van der Waals surface area contributed by atoms with Crippen molar-refractivity contribution in [1.29, 1.82) is 0 Å². The predicted octanol–water partition coefficient (Wildman–Crippen LogP) is 5.07. The van der Waals surface area contributed by atoms with Gasteiger partial charge in [-0.2, -0.15) is 0 Å². The van der Waals surface area contributed by atoms with Crippen LogP contribution >= 0.6 is 15.9 Å². The highest BCUT2D eigenvalue weighted by Crippen LogP contribution is 2.24. The monoisotopic (exact) mass is 433 g/mol. The summed E-state index contributed by atoms with van der Waals surface area (Å²) in [6.45, 7) is 0. The summed E-state index contributed by atoms with van der Waals surface area (Å²) >= 11 is 3.43. The standard InChI is InChI=1S/C23H16BrNO3/c24-17-12-10-16(11-13-17)22(15-6-2-1-3-7-15)25-23(27)21-14-19(26)18-8-4-5-9-20(18)28-21/h1-14,22H,(H,25,27). The van der Waals surface area contributed by atoms with Crippen molar-refractivity contribution < 1.29 is 9.21 Å². The van der Waals surface area contributed by atoms with Gasteiger partial charge in [-0.25, -0.2) is 0 Å². The molecule has 4 rings (SSSR count). The largest absolute Gasteiger partial charge is 0.451 e. The van der Waals surface area contributed by atoms with Gasteiger partial charge in [0.1, 0.15) is 5.58 Å². The fourth-order valence-electron chi connectivity index (χ4n) is 3.08. The molecular weight excluding hydrogens is 418 g/mol. The molecule has 1 heterocycles. The molecule has 4 aromatic rings. The second-order valence-corrected chi connectivity index (χ2v) is 7.26. The van der Waals surface area contributed by atoms with Crippen LogP contribution in [-0.4, -0.2) is 5.91 Å². The summed E-state index contributed by atoms with van der Waals surface area (Å²) in [4.78, 5) is 25.2. The van der Waals surface area contributed by atoms with Gasteiger partial charge >= 0.3 is 0 Å².